The Balaban J connectivity index is 1.83. The lowest BCUT2D eigenvalue weighted by Crippen LogP contribution is -2.20. The lowest BCUT2D eigenvalue weighted by molar-refractivity contribution is 0.0952. The predicted octanol–water partition coefficient (Wildman–Crippen LogP) is 2.60. The van der Waals surface area contributed by atoms with Crippen LogP contribution in [-0.2, 0) is 0 Å². The van der Waals surface area contributed by atoms with Gasteiger partial charge in [0, 0.05) is 10.7 Å². The number of aryl methyl sites for hydroxylation is 1. The van der Waals surface area contributed by atoms with E-state index in [1.54, 1.807) is 43.3 Å². The van der Waals surface area contributed by atoms with Gasteiger partial charge in [-0.05, 0) is 37.3 Å². The van der Waals surface area contributed by atoms with Crippen LogP contribution in [0.3, 0.4) is 0 Å². The van der Waals surface area contributed by atoms with E-state index in [4.69, 9.17) is 11.6 Å². The number of rotatable bonds is 4. The Hall–Kier alpha value is -3.32. The second kappa shape index (κ2) is 7.28. The zero-order chi connectivity index (χ0) is 18.7. The van der Waals surface area contributed by atoms with Crippen LogP contribution in [0.4, 0.5) is 0 Å². The molecule has 0 bridgehead atoms. The number of hydrazone groups is 1. The van der Waals surface area contributed by atoms with Crippen molar-refractivity contribution in [2.24, 2.45) is 5.10 Å². The number of carbonyl (C=O) groups excluding carboxylic acids is 1. The molecule has 0 unspecified atom stereocenters. The van der Waals surface area contributed by atoms with Gasteiger partial charge >= 0.3 is 0 Å². The van der Waals surface area contributed by atoms with Gasteiger partial charge in [0.2, 0.25) is 0 Å². The summed E-state index contributed by atoms with van der Waals surface area (Å²) in [7, 11) is 0. The number of aromatic hydroxyl groups is 1. The molecule has 3 aromatic rings. The van der Waals surface area contributed by atoms with Crippen LogP contribution in [0.5, 0.6) is 5.75 Å². The summed E-state index contributed by atoms with van der Waals surface area (Å²) in [4.78, 5) is 24.5. The molecule has 0 saturated carbocycles. The fourth-order valence-electron chi connectivity index (χ4n) is 2.39. The van der Waals surface area contributed by atoms with E-state index in [1.807, 2.05) is 0 Å². The molecule has 0 atom stereocenters. The minimum Gasteiger partial charge on any atom is -0.507 e. The standard InChI is InChI=1S/C18H15ClN4O3/c1-11-15(10-20-21-17(25)14-7-2-3-8-16(14)24)18(26)23(22-11)13-6-4-5-12(19)9-13/h2-10,22,24H,1H3,(H,21,25)/b20-10+. The van der Waals surface area contributed by atoms with Crippen molar-refractivity contribution in [3.05, 3.63) is 80.7 Å². The molecule has 0 aliphatic rings. The zero-order valence-corrected chi connectivity index (χ0v) is 14.5. The molecule has 1 heterocycles. The zero-order valence-electron chi connectivity index (χ0n) is 13.7. The maximum atomic E-state index is 12.5. The Labute approximate surface area is 153 Å². The number of hydrogen-bond donors (Lipinski definition) is 3. The highest BCUT2D eigenvalue weighted by Crippen LogP contribution is 2.15. The van der Waals surface area contributed by atoms with Gasteiger partial charge < -0.3 is 5.11 Å². The maximum Gasteiger partial charge on any atom is 0.280 e. The molecule has 0 radical (unpaired) electrons. The molecule has 3 rings (SSSR count). The van der Waals surface area contributed by atoms with Crippen LogP contribution < -0.4 is 11.0 Å². The second-order valence-corrected chi connectivity index (χ2v) is 5.92. The smallest absolute Gasteiger partial charge is 0.280 e. The number of hydrogen-bond acceptors (Lipinski definition) is 4. The summed E-state index contributed by atoms with van der Waals surface area (Å²) in [6.45, 7) is 1.72. The molecular weight excluding hydrogens is 356 g/mol. The third kappa shape index (κ3) is 3.52. The lowest BCUT2D eigenvalue weighted by atomic mass is 10.2. The van der Waals surface area contributed by atoms with E-state index in [-0.39, 0.29) is 16.9 Å². The summed E-state index contributed by atoms with van der Waals surface area (Å²) in [5, 5.41) is 16.9. The fourth-order valence-corrected chi connectivity index (χ4v) is 2.57. The molecule has 132 valence electrons. The van der Waals surface area contributed by atoms with E-state index in [0.29, 0.717) is 22.0 Å². The van der Waals surface area contributed by atoms with E-state index in [0.717, 1.165) is 0 Å². The largest absolute Gasteiger partial charge is 0.507 e. The van der Waals surface area contributed by atoms with Crippen LogP contribution in [0.1, 0.15) is 21.6 Å². The number of H-pyrrole nitrogens is 1. The third-order valence-electron chi connectivity index (χ3n) is 3.69. The van der Waals surface area contributed by atoms with Crippen molar-refractivity contribution in [3.63, 3.8) is 0 Å². The molecular formula is C18H15ClN4O3. The Morgan fingerprint density at radius 3 is 2.77 bits per heavy atom. The number of benzene rings is 2. The van der Waals surface area contributed by atoms with Crippen molar-refractivity contribution in [2.45, 2.75) is 6.92 Å². The molecule has 1 aromatic heterocycles. The van der Waals surface area contributed by atoms with Gasteiger partial charge in [-0.1, -0.05) is 29.8 Å². The Morgan fingerprint density at radius 1 is 1.27 bits per heavy atom. The number of nitrogens with zero attached hydrogens (tertiary/aromatic N) is 2. The van der Waals surface area contributed by atoms with E-state index >= 15 is 0 Å². The fraction of sp³-hybridized carbons (Fsp3) is 0.0556. The Bertz CT molecular complexity index is 1050. The van der Waals surface area contributed by atoms with Crippen molar-refractivity contribution in [3.8, 4) is 11.4 Å². The molecule has 7 nitrogen and oxygen atoms in total. The molecule has 0 aliphatic carbocycles. The summed E-state index contributed by atoms with van der Waals surface area (Å²) in [6, 6.07) is 12.9. The van der Waals surface area contributed by atoms with E-state index < -0.39 is 5.91 Å². The number of carbonyl (C=O) groups is 1. The highest BCUT2D eigenvalue weighted by atomic mass is 35.5. The number of halogens is 1. The molecule has 0 saturated heterocycles. The van der Waals surface area contributed by atoms with Gasteiger partial charge in [0.25, 0.3) is 11.5 Å². The van der Waals surface area contributed by atoms with E-state index in [2.05, 4.69) is 15.6 Å². The molecule has 26 heavy (non-hydrogen) atoms. The van der Waals surface area contributed by atoms with Crippen molar-refractivity contribution in [1.29, 1.82) is 0 Å². The van der Waals surface area contributed by atoms with Gasteiger partial charge in [0.05, 0.1) is 23.0 Å². The molecule has 1 amide bonds. The summed E-state index contributed by atoms with van der Waals surface area (Å²) in [6.07, 6.45) is 1.26. The van der Waals surface area contributed by atoms with Crippen molar-refractivity contribution >= 4 is 23.7 Å². The van der Waals surface area contributed by atoms with Crippen LogP contribution in [0.2, 0.25) is 5.02 Å². The van der Waals surface area contributed by atoms with Gasteiger partial charge in [0.15, 0.2) is 0 Å². The van der Waals surface area contributed by atoms with Gasteiger partial charge in [0.1, 0.15) is 5.75 Å². The number of aromatic amines is 1. The summed E-state index contributed by atoms with van der Waals surface area (Å²) in [5.74, 6) is -0.732. The van der Waals surface area contributed by atoms with Crippen molar-refractivity contribution in [1.82, 2.24) is 15.2 Å². The van der Waals surface area contributed by atoms with Crippen molar-refractivity contribution in [2.75, 3.05) is 0 Å². The average Bonchev–Trinajstić information content (AvgIpc) is 2.90. The number of nitrogens with one attached hydrogen (secondary N) is 2. The van der Waals surface area contributed by atoms with Gasteiger partial charge in [-0.25, -0.2) is 10.1 Å². The topological polar surface area (TPSA) is 99.5 Å². The predicted molar refractivity (Wildman–Crippen MR) is 99.3 cm³/mol. The van der Waals surface area contributed by atoms with Crippen LogP contribution >= 0.6 is 11.6 Å². The summed E-state index contributed by atoms with van der Waals surface area (Å²) in [5.41, 5.74) is 3.51. The van der Waals surface area contributed by atoms with Crippen LogP contribution in [0.25, 0.3) is 5.69 Å². The Kier molecular flexibility index (Phi) is 4.90. The lowest BCUT2D eigenvalue weighted by Gasteiger charge is -2.01. The van der Waals surface area contributed by atoms with Gasteiger partial charge in [-0.2, -0.15) is 5.10 Å². The average molecular weight is 371 g/mol. The first-order valence-electron chi connectivity index (χ1n) is 7.66. The highest BCUT2D eigenvalue weighted by Gasteiger charge is 2.12. The maximum absolute atomic E-state index is 12.5. The first-order valence-corrected chi connectivity index (χ1v) is 8.04. The molecule has 3 N–H and O–H groups in total. The molecule has 0 aliphatic heterocycles. The van der Waals surface area contributed by atoms with Gasteiger partial charge in [-0.15, -0.1) is 0 Å². The molecule has 2 aromatic carbocycles. The normalized spacial score (nSPS) is 11.0. The van der Waals surface area contributed by atoms with Crippen molar-refractivity contribution < 1.29 is 9.90 Å². The number of para-hydroxylation sites is 1. The SMILES string of the molecule is Cc1[nH]n(-c2cccc(Cl)c2)c(=O)c1/C=N/NC(=O)c1ccccc1O. The first kappa shape index (κ1) is 17.5. The number of phenolic OH excluding ortho intramolecular Hbond substituents is 1. The van der Waals surface area contributed by atoms with E-state index in [1.165, 1.54) is 23.0 Å². The van der Waals surface area contributed by atoms with E-state index in [9.17, 15) is 14.7 Å². The molecule has 0 spiro atoms. The minimum absolute atomic E-state index is 0.0896. The molecule has 0 fully saturated rings. The highest BCUT2D eigenvalue weighted by molar-refractivity contribution is 6.30. The quantitative estimate of drug-likeness (QED) is 0.486. The van der Waals surface area contributed by atoms with Crippen LogP contribution in [0, 0.1) is 6.92 Å². The summed E-state index contributed by atoms with van der Waals surface area (Å²) >= 11 is 5.96. The monoisotopic (exact) mass is 370 g/mol. The first-order chi connectivity index (χ1) is 12.5. The number of aromatic nitrogens is 2. The van der Waals surface area contributed by atoms with Gasteiger partial charge in [-0.3, -0.25) is 14.7 Å². The Morgan fingerprint density at radius 2 is 2.04 bits per heavy atom. The second-order valence-electron chi connectivity index (χ2n) is 5.49. The molecule has 8 heteroatoms. The third-order valence-corrected chi connectivity index (χ3v) is 3.93. The number of phenols is 1. The van der Waals surface area contributed by atoms with Crippen LogP contribution in [-0.4, -0.2) is 27.0 Å². The number of amides is 1. The van der Waals surface area contributed by atoms with Crippen LogP contribution in [0.15, 0.2) is 58.4 Å². The summed E-state index contributed by atoms with van der Waals surface area (Å²) < 4.78 is 1.34. The minimum atomic E-state index is -0.581.